The number of hydrogen-bond donors (Lipinski definition) is 2. The molecule has 1 aromatic heterocycles. The number of H-pyrrole nitrogens is 1. The van der Waals surface area contributed by atoms with Crippen LogP contribution in [0.3, 0.4) is 0 Å². The minimum atomic E-state index is -0.739. The summed E-state index contributed by atoms with van der Waals surface area (Å²) in [5.41, 5.74) is 3.23. The maximum atomic E-state index is 12.7. The molecule has 7 heteroatoms. The van der Waals surface area contributed by atoms with Gasteiger partial charge in [-0.3, -0.25) is 4.79 Å². The fourth-order valence-electron chi connectivity index (χ4n) is 5.59. The summed E-state index contributed by atoms with van der Waals surface area (Å²) in [7, 11) is 1.37. The van der Waals surface area contributed by atoms with Crippen LogP contribution in [0.25, 0.3) is 10.9 Å². The molecule has 0 spiro atoms. The Morgan fingerprint density at radius 1 is 1.35 bits per heavy atom. The van der Waals surface area contributed by atoms with Crippen molar-refractivity contribution in [2.75, 3.05) is 26.8 Å². The van der Waals surface area contributed by atoms with E-state index in [1.165, 1.54) is 12.7 Å². The van der Waals surface area contributed by atoms with E-state index in [0.29, 0.717) is 32.5 Å². The lowest BCUT2D eigenvalue weighted by molar-refractivity contribution is -0.158. The fourth-order valence-corrected chi connectivity index (χ4v) is 5.59. The summed E-state index contributed by atoms with van der Waals surface area (Å²) in [5, 5.41) is 21.6. The highest BCUT2D eigenvalue weighted by Crippen LogP contribution is 2.44. The molecule has 1 aromatic carbocycles. The molecule has 1 fully saturated rings. The molecule has 2 aromatic rings. The van der Waals surface area contributed by atoms with Crippen molar-refractivity contribution < 1.29 is 19.4 Å². The zero-order chi connectivity index (χ0) is 22.0. The number of nitrogens with one attached hydrogen (secondary N) is 1. The van der Waals surface area contributed by atoms with Crippen LogP contribution in [0.5, 0.6) is 0 Å². The third-order valence-electron chi connectivity index (χ3n) is 7.04. The summed E-state index contributed by atoms with van der Waals surface area (Å²) < 4.78 is 11.3. The van der Waals surface area contributed by atoms with E-state index in [9.17, 15) is 15.2 Å². The molecule has 1 saturated carbocycles. The third kappa shape index (κ3) is 4.15. The van der Waals surface area contributed by atoms with Gasteiger partial charge >= 0.3 is 5.97 Å². The summed E-state index contributed by atoms with van der Waals surface area (Å²) in [5.74, 6) is -1.02. The number of nitriles is 1. The normalized spacial score (nSPS) is 29.0. The number of carbonyl (C=O) groups excluding carboxylic acids is 1. The first-order valence-corrected chi connectivity index (χ1v) is 11.2. The molecule has 1 aliphatic carbocycles. The second-order valence-corrected chi connectivity index (χ2v) is 8.66. The molecule has 5 atom stereocenters. The van der Waals surface area contributed by atoms with Gasteiger partial charge in [0, 0.05) is 36.3 Å². The molecule has 2 heterocycles. The number of carbonyl (C=O) groups is 1. The Bertz CT molecular complexity index is 965. The number of esters is 1. The minimum absolute atomic E-state index is 0.112. The van der Waals surface area contributed by atoms with Crippen molar-refractivity contribution in [3.8, 4) is 6.19 Å². The van der Waals surface area contributed by atoms with E-state index in [1.54, 1.807) is 4.90 Å². The number of benzene rings is 1. The van der Waals surface area contributed by atoms with E-state index in [1.807, 2.05) is 19.1 Å². The highest BCUT2D eigenvalue weighted by molar-refractivity contribution is 5.84. The van der Waals surface area contributed by atoms with Gasteiger partial charge in [-0.25, -0.2) is 0 Å². The number of ether oxygens (including phenoxy) is 2. The monoisotopic (exact) mass is 425 g/mol. The molecule has 0 amide bonds. The number of aromatic nitrogens is 1. The van der Waals surface area contributed by atoms with Gasteiger partial charge in [0.05, 0.1) is 25.2 Å². The summed E-state index contributed by atoms with van der Waals surface area (Å²) in [6.45, 7) is 3.72. The van der Waals surface area contributed by atoms with E-state index in [-0.39, 0.29) is 23.9 Å². The van der Waals surface area contributed by atoms with Crippen LogP contribution in [0.1, 0.15) is 43.5 Å². The van der Waals surface area contributed by atoms with E-state index < -0.39 is 12.0 Å². The summed E-state index contributed by atoms with van der Waals surface area (Å²) >= 11 is 0. The largest absolute Gasteiger partial charge is 0.469 e. The number of fused-ring (bicyclic) bond motifs is 4. The van der Waals surface area contributed by atoms with Crippen LogP contribution in [0.4, 0.5) is 0 Å². The topological polar surface area (TPSA) is 98.6 Å². The van der Waals surface area contributed by atoms with E-state index in [2.05, 4.69) is 23.3 Å². The number of aliphatic hydroxyl groups excluding tert-OH is 1. The molecule has 2 aliphatic rings. The maximum absolute atomic E-state index is 12.7. The van der Waals surface area contributed by atoms with Crippen molar-refractivity contribution in [1.29, 1.82) is 5.26 Å². The first-order valence-electron chi connectivity index (χ1n) is 11.2. The third-order valence-corrected chi connectivity index (χ3v) is 7.04. The Kier molecular flexibility index (Phi) is 6.49. The Labute approximate surface area is 182 Å². The van der Waals surface area contributed by atoms with Crippen molar-refractivity contribution in [2.24, 2.45) is 17.8 Å². The molecule has 4 rings (SSSR count). The zero-order valence-corrected chi connectivity index (χ0v) is 18.2. The van der Waals surface area contributed by atoms with Gasteiger partial charge in [0.2, 0.25) is 0 Å². The van der Waals surface area contributed by atoms with Gasteiger partial charge in [-0.1, -0.05) is 18.2 Å². The van der Waals surface area contributed by atoms with Crippen LogP contribution < -0.4 is 0 Å². The smallest absolute Gasteiger partial charge is 0.311 e. The maximum Gasteiger partial charge on any atom is 0.311 e. The van der Waals surface area contributed by atoms with Crippen molar-refractivity contribution >= 4 is 16.9 Å². The predicted molar refractivity (Wildman–Crippen MR) is 116 cm³/mol. The van der Waals surface area contributed by atoms with Crippen molar-refractivity contribution in [2.45, 2.75) is 44.8 Å². The van der Waals surface area contributed by atoms with Crippen molar-refractivity contribution in [3.05, 3.63) is 35.5 Å². The van der Waals surface area contributed by atoms with Crippen LogP contribution in [0.15, 0.2) is 24.3 Å². The standard InChI is InChI=1S/C24H31N3O4/c1-3-31-21-12-18-15(8-9-20(28)22(18)24(29)30-2)13-27(14-25)11-10-17-16-6-4-5-7-19(16)26-23(17)21/h4-7,15,18,20-22,26,28H,3,8-13H2,1-2H3/t15-,18-,20-,21+,22+/m0/s1. The highest BCUT2D eigenvalue weighted by atomic mass is 16.5. The molecule has 0 saturated heterocycles. The van der Waals surface area contributed by atoms with Gasteiger partial charge in [0.25, 0.3) is 0 Å². The van der Waals surface area contributed by atoms with E-state index >= 15 is 0 Å². The molecule has 1 aliphatic heterocycles. The van der Waals surface area contributed by atoms with Crippen LogP contribution in [0.2, 0.25) is 0 Å². The molecular weight excluding hydrogens is 394 g/mol. The molecule has 7 nitrogen and oxygen atoms in total. The lowest BCUT2D eigenvalue weighted by Gasteiger charge is -2.42. The average molecular weight is 426 g/mol. The van der Waals surface area contributed by atoms with Gasteiger partial charge in [0.1, 0.15) is 0 Å². The minimum Gasteiger partial charge on any atom is -0.469 e. The van der Waals surface area contributed by atoms with Crippen molar-refractivity contribution in [1.82, 2.24) is 9.88 Å². The van der Waals surface area contributed by atoms with Gasteiger partial charge in [-0.15, -0.1) is 0 Å². The van der Waals surface area contributed by atoms with E-state index in [4.69, 9.17) is 9.47 Å². The second-order valence-electron chi connectivity index (χ2n) is 8.66. The van der Waals surface area contributed by atoms with Gasteiger partial charge in [-0.2, -0.15) is 5.26 Å². The Balaban J connectivity index is 1.81. The summed E-state index contributed by atoms with van der Waals surface area (Å²) in [6.07, 6.45) is 4.04. The van der Waals surface area contributed by atoms with Crippen molar-refractivity contribution in [3.63, 3.8) is 0 Å². The van der Waals surface area contributed by atoms with Gasteiger partial charge < -0.3 is 24.5 Å². The molecule has 31 heavy (non-hydrogen) atoms. The number of nitrogens with zero attached hydrogens (tertiary/aromatic N) is 2. The fraction of sp³-hybridized carbons (Fsp3) is 0.583. The first kappa shape index (κ1) is 21.7. The molecular formula is C24H31N3O4. The molecule has 0 radical (unpaired) electrons. The molecule has 0 bridgehead atoms. The quantitative estimate of drug-likeness (QED) is 0.579. The number of para-hydroxylation sites is 1. The number of hydrogen-bond acceptors (Lipinski definition) is 6. The summed E-state index contributed by atoms with van der Waals surface area (Å²) in [4.78, 5) is 18.0. The number of rotatable bonds is 3. The number of aliphatic hydroxyl groups is 1. The molecule has 0 unspecified atom stereocenters. The highest BCUT2D eigenvalue weighted by Gasteiger charge is 2.45. The SMILES string of the molecule is CCO[C@@H]1C[C@H]2[C@@H](CC[C@H](O)[C@@H]2C(=O)OC)CN(C#N)CCc2c1[nH]c1ccccc21. The number of aromatic amines is 1. The zero-order valence-electron chi connectivity index (χ0n) is 18.2. The number of methoxy groups -OCH3 is 1. The summed E-state index contributed by atoms with van der Waals surface area (Å²) in [6, 6.07) is 8.18. The Morgan fingerprint density at radius 3 is 2.90 bits per heavy atom. The van der Waals surface area contributed by atoms with Crippen LogP contribution in [-0.4, -0.2) is 53.9 Å². The lowest BCUT2D eigenvalue weighted by Crippen LogP contribution is -2.47. The Hall–Kier alpha value is -2.56. The first-order chi connectivity index (χ1) is 15.1. The predicted octanol–water partition coefficient (Wildman–Crippen LogP) is 3.15. The van der Waals surface area contributed by atoms with Crippen LogP contribution >= 0.6 is 0 Å². The molecule has 2 N–H and O–H groups in total. The average Bonchev–Trinajstić information content (AvgIpc) is 3.15. The lowest BCUT2D eigenvalue weighted by atomic mass is 9.67. The van der Waals surface area contributed by atoms with E-state index in [0.717, 1.165) is 29.4 Å². The van der Waals surface area contributed by atoms with Crippen LogP contribution in [0, 0.1) is 29.2 Å². The molecule has 166 valence electrons. The van der Waals surface area contributed by atoms with Gasteiger partial charge in [0.15, 0.2) is 6.19 Å². The second kappa shape index (κ2) is 9.29. The Morgan fingerprint density at radius 2 is 2.16 bits per heavy atom. The van der Waals surface area contributed by atoms with Crippen LogP contribution in [-0.2, 0) is 20.7 Å². The van der Waals surface area contributed by atoms with Gasteiger partial charge in [-0.05, 0) is 56.1 Å².